The van der Waals surface area contributed by atoms with E-state index >= 15 is 0 Å². The molecule has 1 unspecified atom stereocenters. The highest BCUT2D eigenvalue weighted by atomic mass is 16.5. The Balaban J connectivity index is 1.74. The number of ether oxygens (including phenoxy) is 1. The van der Waals surface area contributed by atoms with Crippen LogP contribution in [0, 0.1) is 10.8 Å². The van der Waals surface area contributed by atoms with Gasteiger partial charge in [0.25, 0.3) is 0 Å². The van der Waals surface area contributed by atoms with E-state index in [2.05, 4.69) is 33.0 Å². The summed E-state index contributed by atoms with van der Waals surface area (Å²) >= 11 is 0. The summed E-state index contributed by atoms with van der Waals surface area (Å²) in [5.41, 5.74) is 0.979. The monoisotopic (exact) mass is 253 g/mol. The lowest BCUT2D eigenvalue weighted by molar-refractivity contribution is 0.0776. The Kier molecular flexibility index (Phi) is 4.38. The van der Waals surface area contributed by atoms with Crippen molar-refractivity contribution >= 4 is 0 Å². The van der Waals surface area contributed by atoms with E-state index in [0.717, 1.165) is 13.2 Å². The number of hydrogen-bond donors (Lipinski definition) is 1. The molecule has 0 aromatic carbocycles. The van der Waals surface area contributed by atoms with E-state index in [0.29, 0.717) is 23.0 Å². The molecule has 2 nitrogen and oxygen atoms in total. The SMILES string of the molecule is CC1(C)CC(NCCC2CCCO2)CC(C)(C)C1. The maximum atomic E-state index is 5.68. The van der Waals surface area contributed by atoms with Crippen LogP contribution in [0.5, 0.6) is 0 Å². The van der Waals surface area contributed by atoms with Gasteiger partial charge in [-0.2, -0.15) is 0 Å². The van der Waals surface area contributed by atoms with Crippen molar-refractivity contribution in [3.8, 4) is 0 Å². The molecule has 2 aliphatic rings. The van der Waals surface area contributed by atoms with Crippen LogP contribution in [0.4, 0.5) is 0 Å². The van der Waals surface area contributed by atoms with E-state index < -0.39 is 0 Å². The van der Waals surface area contributed by atoms with Crippen LogP contribution in [0.25, 0.3) is 0 Å². The van der Waals surface area contributed by atoms with Gasteiger partial charge in [-0.1, -0.05) is 27.7 Å². The largest absolute Gasteiger partial charge is 0.378 e. The second-order valence-electron chi connectivity index (χ2n) is 7.99. The molecule has 1 saturated carbocycles. The molecule has 1 heterocycles. The Morgan fingerprint density at radius 3 is 2.33 bits per heavy atom. The first-order valence-corrected chi connectivity index (χ1v) is 7.71. The molecule has 0 bridgehead atoms. The van der Waals surface area contributed by atoms with Crippen molar-refractivity contribution in [2.45, 2.75) is 78.4 Å². The van der Waals surface area contributed by atoms with Crippen molar-refractivity contribution in [2.75, 3.05) is 13.2 Å². The molecule has 0 aromatic heterocycles. The highest BCUT2D eigenvalue weighted by Crippen LogP contribution is 2.45. The number of nitrogens with one attached hydrogen (secondary N) is 1. The zero-order valence-electron chi connectivity index (χ0n) is 12.7. The highest BCUT2D eigenvalue weighted by Gasteiger charge is 2.38. The normalized spacial score (nSPS) is 31.7. The summed E-state index contributed by atoms with van der Waals surface area (Å²) in [6.45, 7) is 11.8. The van der Waals surface area contributed by atoms with Crippen LogP contribution < -0.4 is 5.32 Å². The fraction of sp³-hybridized carbons (Fsp3) is 1.00. The van der Waals surface area contributed by atoms with Crippen LogP contribution in [0.15, 0.2) is 0 Å². The molecule has 1 aliphatic carbocycles. The van der Waals surface area contributed by atoms with Gasteiger partial charge in [-0.15, -0.1) is 0 Å². The Hall–Kier alpha value is -0.0800. The van der Waals surface area contributed by atoms with Crippen LogP contribution in [-0.4, -0.2) is 25.3 Å². The van der Waals surface area contributed by atoms with E-state index in [1.54, 1.807) is 0 Å². The Labute approximate surface area is 113 Å². The summed E-state index contributed by atoms with van der Waals surface area (Å²) in [5, 5.41) is 3.78. The van der Waals surface area contributed by atoms with Crippen molar-refractivity contribution in [3.05, 3.63) is 0 Å². The minimum atomic E-state index is 0.489. The van der Waals surface area contributed by atoms with Crippen LogP contribution in [0.3, 0.4) is 0 Å². The van der Waals surface area contributed by atoms with Crippen LogP contribution in [0.2, 0.25) is 0 Å². The Morgan fingerprint density at radius 2 is 1.78 bits per heavy atom. The third kappa shape index (κ3) is 4.24. The molecule has 2 heteroatoms. The van der Waals surface area contributed by atoms with Gasteiger partial charge >= 0.3 is 0 Å². The lowest BCUT2D eigenvalue weighted by atomic mass is 9.63. The van der Waals surface area contributed by atoms with Gasteiger partial charge in [0.2, 0.25) is 0 Å². The van der Waals surface area contributed by atoms with Crippen molar-refractivity contribution in [3.63, 3.8) is 0 Å². The molecular formula is C16H31NO. The average Bonchev–Trinajstić information content (AvgIpc) is 2.65. The molecule has 1 atom stereocenters. The van der Waals surface area contributed by atoms with Crippen LogP contribution in [0.1, 0.15) is 66.2 Å². The highest BCUT2D eigenvalue weighted by molar-refractivity contribution is 4.92. The maximum Gasteiger partial charge on any atom is 0.0588 e. The predicted molar refractivity (Wildman–Crippen MR) is 76.8 cm³/mol. The van der Waals surface area contributed by atoms with Gasteiger partial charge in [-0.05, 0) is 55.9 Å². The fourth-order valence-corrected chi connectivity index (χ4v) is 4.31. The molecule has 2 rings (SSSR count). The van der Waals surface area contributed by atoms with Gasteiger partial charge < -0.3 is 10.1 Å². The van der Waals surface area contributed by atoms with E-state index in [1.807, 2.05) is 0 Å². The summed E-state index contributed by atoms with van der Waals surface area (Å²) in [6.07, 6.45) is 8.24. The molecule has 1 saturated heterocycles. The van der Waals surface area contributed by atoms with Crippen molar-refractivity contribution < 1.29 is 4.74 Å². The summed E-state index contributed by atoms with van der Waals surface area (Å²) in [5.74, 6) is 0. The van der Waals surface area contributed by atoms with E-state index in [4.69, 9.17) is 4.74 Å². The predicted octanol–water partition coefficient (Wildman–Crippen LogP) is 3.75. The van der Waals surface area contributed by atoms with Gasteiger partial charge in [0.15, 0.2) is 0 Å². The topological polar surface area (TPSA) is 21.3 Å². The molecule has 1 N–H and O–H groups in total. The van der Waals surface area contributed by atoms with E-state index in [9.17, 15) is 0 Å². The molecule has 0 spiro atoms. The van der Waals surface area contributed by atoms with Crippen molar-refractivity contribution in [1.29, 1.82) is 0 Å². The lowest BCUT2D eigenvalue weighted by Crippen LogP contribution is -2.44. The third-order valence-electron chi connectivity index (χ3n) is 4.48. The van der Waals surface area contributed by atoms with Gasteiger partial charge in [0.05, 0.1) is 6.10 Å². The Bertz CT molecular complexity index is 250. The summed E-state index contributed by atoms with van der Waals surface area (Å²) in [6, 6.07) is 0.699. The second kappa shape index (κ2) is 5.50. The number of hydrogen-bond acceptors (Lipinski definition) is 2. The zero-order valence-corrected chi connectivity index (χ0v) is 12.7. The van der Waals surface area contributed by atoms with Gasteiger partial charge in [-0.3, -0.25) is 0 Å². The molecular weight excluding hydrogens is 222 g/mol. The molecule has 2 fully saturated rings. The first kappa shape index (κ1) is 14.3. The smallest absolute Gasteiger partial charge is 0.0588 e. The van der Waals surface area contributed by atoms with Gasteiger partial charge in [-0.25, -0.2) is 0 Å². The van der Waals surface area contributed by atoms with Gasteiger partial charge in [0.1, 0.15) is 0 Å². The first-order valence-electron chi connectivity index (χ1n) is 7.71. The zero-order chi connectivity index (χ0) is 13.2. The molecule has 0 aromatic rings. The van der Waals surface area contributed by atoms with Crippen molar-refractivity contribution in [1.82, 2.24) is 5.32 Å². The fourth-order valence-electron chi connectivity index (χ4n) is 4.31. The summed E-state index contributed by atoms with van der Waals surface area (Å²) < 4.78 is 5.68. The molecule has 106 valence electrons. The summed E-state index contributed by atoms with van der Waals surface area (Å²) in [4.78, 5) is 0. The summed E-state index contributed by atoms with van der Waals surface area (Å²) in [7, 11) is 0. The first-order chi connectivity index (χ1) is 8.36. The molecule has 1 aliphatic heterocycles. The van der Waals surface area contributed by atoms with E-state index in [1.165, 1.54) is 38.5 Å². The minimum absolute atomic E-state index is 0.489. The Morgan fingerprint density at radius 1 is 1.11 bits per heavy atom. The quantitative estimate of drug-likeness (QED) is 0.824. The number of rotatable bonds is 4. The third-order valence-corrected chi connectivity index (χ3v) is 4.48. The van der Waals surface area contributed by atoms with Crippen LogP contribution >= 0.6 is 0 Å². The van der Waals surface area contributed by atoms with Crippen molar-refractivity contribution in [2.24, 2.45) is 10.8 Å². The lowest BCUT2D eigenvalue weighted by Gasteiger charge is -2.45. The standard InChI is InChI=1S/C16H31NO/c1-15(2)10-13(11-16(3,4)12-15)17-8-7-14-6-5-9-18-14/h13-14,17H,5-12H2,1-4H3. The molecule has 0 radical (unpaired) electrons. The minimum Gasteiger partial charge on any atom is -0.378 e. The van der Waals surface area contributed by atoms with Crippen LogP contribution in [-0.2, 0) is 4.74 Å². The second-order valence-corrected chi connectivity index (χ2v) is 7.99. The van der Waals surface area contributed by atoms with E-state index in [-0.39, 0.29) is 0 Å². The van der Waals surface area contributed by atoms with Gasteiger partial charge in [0, 0.05) is 12.6 Å². The maximum absolute atomic E-state index is 5.68. The average molecular weight is 253 g/mol. The molecule has 18 heavy (non-hydrogen) atoms. The molecule has 0 amide bonds.